The number of piperazine rings is 1. The maximum Gasteiger partial charge on any atom is 0.253 e. The van der Waals surface area contributed by atoms with Crippen LogP contribution in [0.2, 0.25) is 0 Å². The van der Waals surface area contributed by atoms with E-state index < -0.39 is 0 Å². The molecule has 3 heterocycles. The van der Waals surface area contributed by atoms with Crippen molar-refractivity contribution in [3.63, 3.8) is 0 Å². The van der Waals surface area contributed by atoms with Crippen LogP contribution in [0.5, 0.6) is 11.5 Å². The molecule has 8 heteroatoms. The minimum Gasteiger partial charge on any atom is -0.497 e. The molecule has 0 atom stereocenters. The molecule has 0 N–H and O–H groups in total. The zero-order chi connectivity index (χ0) is 26.8. The van der Waals surface area contributed by atoms with Gasteiger partial charge >= 0.3 is 0 Å². The Morgan fingerprint density at radius 2 is 1.54 bits per heavy atom. The summed E-state index contributed by atoms with van der Waals surface area (Å²) in [5.74, 6) is 2.41. The van der Waals surface area contributed by atoms with Crippen molar-refractivity contribution < 1.29 is 14.3 Å². The zero-order valence-electron chi connectivity index (χ0n) is 21.9. The van der Waals surface area contributed by atoms with Crippen LogP contribution in [-0.2, 0) is 0 Å². The Labute approximate surface area is 227 Å². The van der Waals surface area contributed by atoms with Gasteiger partial charge in [-0.05, 0) is 42.0 Å². The summed E-state index contributed by atoms with van der Waals surface area (Å²) in [6.07, 6.45) is 3.74. The minimum absolute atomic E-state index is 0.0271. The number of benzene rings is 3. The normalized spacial score (nSPS) is 13.5. The van der Waals surface area contributed by atoms with Gasteiger partial charge in [0.05, 0.1) is 25.3 Å². The number of anilines is 1. The third-order valence-corrected chi connectivity index (χ3v) is 7.18. The zero-order valence-corrected chi connectivity index (χ0v) is 21.9. The molecule has 39 heavy (non-hydrogen) atoms. The first-order chi connectivity index (χ1) is 19.2. The second kappa shape index (κ2) is 10.5. The van der Waals surface area contributed by atoms with Crippen LogP contribution in [0.4, 0.5) is 5.82 Å². The lowest BCUT2D eigenvalue weighted by molar-refractivity contribution is 0.0746. The molecule has 5 aromatic rings. The highest BCUT2D eigenvalue weighted by atomic mass is 16.5. The highest BCUT2D eigenvalue weighted by Crippen LogP contribution is 2.37. The number of ether oxygens (including phenoxy) is 2. The Bertz CT molecular complexity index is 1610. The van der Waals surface area contributed by atoms with Crippen LogP contribution in [0.3, 0.4) is 0 Å². The van der Waals surface area contributed by atoms with Crippen LogP contribution in [0, 0.1) is 0 Å². The van der Waals surface area contributed by atoms with E-state index in [1.54, 1.807) is 20.5 Å². The van der Waals surface area contributed by atoms with E-state index in [1.165, 1.54) is 0 Å². The van der Waals surface area contributed by atoms with Gasteiger partial charge in [0.2, 0.25) is 0 Å². The molecule has 0 saturated carbocycles. The standard InChI is InChI=1S/C31H29N5O3/c1-38-25-13-11-23(12-14-25)31(37)35-17-15-34(16-18-35)29-28-27(22-7-4-3-5-8-22)20-36(30(28)33-21-32-29)24-9-6-10-26(19-24)39-2/h3-14,19-21H,15-18H2,1-2H3. The number of carbonyl (C=O) groups is 1. The molecule has 1 fully saturated rings. The first kappa shape index (κ1) is 24.5. The molecule has 8 nitrogen and oxygen atoms in total. The molecular formula is C31H29N5O3. The summed E-state index contributed by atoms with van der Waals surface area (Å²) >= 11 is 0. The fraction of sp³-hybridized carbons (Fsp3) is 0.194. The summed E-state index contributed by atoms with van der Waals surface area (Å²) < 4.78 is 12.8. The van der Waals surface area contributed by atoms with Crippen molar-refractivity contribution in [1.29, 1.82) is 0 Å². The number of aromatic nitrogens is 3. The fourth-order valence-corrected chi connectivity index (χ4v) is 5.12. The van der Waals surface area contributed by atoms with E-state index in [0.717, 1.165) is 45.2 Å². The quantitative estimate of drug-likeness (QED) is 0.312. The number of hydrogen-bond acceptors (Lipinski definition) is 6. The molecule has 0 unspecified atom stereocenters. The second-order valence-electron chi connectivity index (χ2n) is 9.38. The van der Waals surface area contributed by atoms with Crippen LogP contribution < -0.4 is 14.4 Å². The molecule has 0 spiro atoms. The summed E-state index contributed by atoms with van der Waals surface area (Å²) in [5.41, 5.74) is 4.59. The number of hydrogen-bond donors (Lipinski definition) is 0. The Balaban J connectivity index is 1.35. The Kier molecular flexibility index (Phi) is 6.59. The third kappa shape index (κ3) is 4.65. The second-order valence-corrected chi connectivity index (χ2v) is 9.38. The maximum absolute atomic E-state index is 13.1. The minimum atomic E-state index is 0.0271. The van der Waals surface area contributed by atoms with E-state index in [4.69, 9.17) is 19.4 Å². The van der Waals surface area contributed by atoms with Crippen molar-refractivity contribution in [2.24, 2.45) is 0 Å². The van der Waals surface area contributed by atoms with E-state index >= 15 is 0 Å². The first-order valence-corrected chi connectivity index (χ1v) is 12.9. The number of fused-ring (bicyclic) bond motifs is 1. The monoisotopic (exact) mass is 519 g/mol. The molecule has 0 radical (unpaired) electrons. The number of methoxy groups -OCH3 is 2. The lowest BCUT2D eigenvalue weighted by Crippen LogP contribution is -2.49. The van der Waals surface area contributed by atoms with Gasteiger partial charge in [-0.15, -0.1) is 0 Å². The van der Waals surface area contributed by atoms with Gasteiger partial charge in [0.15, 0.2) is 5.65 Å². The van der Waals surface area contributed by atoms with Crippen LogP contribution in [0.1, 0.15) is 10.4 Å². The largest absolute Gasteiger partial charge is 0.497 e. The van der Waals surface area contributed by atoms with Crippen LogP contribution in [-0.4, -0.2) is 65.7 Å². The van der Waals surface area contributed by atoms with Gasteiger partial charge < -0.3 is 23.8 Å². The molecule has 0 bridgehead atoms. The van der Waals surface area contributed by atoms with Crippen LogP contribution >= 0.6 is 0 Å². The van der Waals surface area contributed by atoms with Crippen molar-refractivity contribution in [1.82, 2.24) is 19.4 Å². The molecule has 1 amide bonds. The number of amides is 1. The SMILES string of the molecule is COc1ccc(C(=O)N2CCN(c3ncnc4c3c(-c3ccccc3)cn4-c3cccc(OC)c3)CC2)cc1. The summed E-state index contributed by atoms with van der Waals surface area (Å²) in [7, 11) is 3.29. The van der Waals surface area contributed by atoms with Crippen molar-refractivity contribution >= 4 is 22.8 Å². The van der Waals surface area contributed by atoms with Crippen molar-refractivity contribution in [3.05, 3.63) is 97.0 Å². The fourth-order valence-electron chi connectivity index (χ4n) is 5.12. The Morgan fingerprint density at radius 1 is 0.795 bits per heavy atom. The lowest BCUT2D eigenvalue weighted by atomic mass is 10.1. The summed E-state index contributed by atoms with van der Waals surface area (Å²) in [4.78, 5) is 26.8. The Morgan fingerprint density at radius 3 is 2.26 bits per heavy atom. The van der Waals surface area contributed by atoms with E-state index in [-0.39, 0.29) is 5.91 Å². The summed E-state index contributed by atoms with van der Waals surface area (Å²) in [5, 5.41) is 0.987. The molecule has 0 aliphatic carbocycles. The predicted molar refractivity (Wildman–Crippen MR) is 152 cm³/mol. The summed E-state index contributed by atoms with van der Waals surface area (Å²) in [6, 6.07) is 25.5. The first-order valence-electron chi connectivity index (χ1n) is 12.9. The van der Waals surface area contributed by atoms with E-state index in [2.05, 4.69) is 27.8 Å². The molecule has 2 aromatic heterocycles. The smallest absolute Gasteiger partial charge is 0.253 e. The van der Waals surface area contributed by atoms with Gasteiger partial charge in [0, 0.05) is 49.6 Å². The van der Waals surface area contributed by atoms with Gasteiger partial charge in [0.1, 0.15) is 23.6 Å². The van der Waals surface area contributed by atoms with Gasteiger partial charge in [-0.3, -0.25) is 4.79 Å². The molecule has 6 rings (SSSR count). The molecule has 1 aliphatic heterocycles. The van der Waals surface area contributed by atoms with Gasteiger partial charge in [-0.25, -0.2) is 9.97 Å². The molecule has 1 saturated heterocycles. The molecule has 3 aromatic carbocycles. The predicted octanol–water partition coefficient (Wildman–Crippen LogP) is 5.07. The Hall–Kier alpha value is -4.85. The van der Waals surface area contributed by atoms with Crippen LogP contribution in [0.15, 0.2) is 91.4 Å². The number of rotatable bonds is 6. The van der Waals surface area contributed by atoms with Crippen molar-refractivity contribution in [2.75, 3.05) is 45.3 Å². The highest BCUT2D eigenvalue weighted by molar-refractivity contribution is 6.02. The average molecular weight is 520 g/mol. The van der Waals surface area contributed by atoms with Gasteiger partial charge in [-0.2, -0.15) is 0 Å². The lowest BCUT2D eigenvalue weighted by Gasteiger charge is -2.35. The number of carbonyl (C=O) groups excluding carboxylic acids is 1. The van der Waals surface area contributed by atoms with Crippen molar-refractivity contribution in [3.8, 4) is 28.3 Å². The average Bonchev–Trinajstić information content (AvgIpc) is 3.41. The maximum atomic E-state index is 13.1. The van der Waals surface area contributed by atoms with E-state index in [9.17, 15) is 4.79 Å². The third-order valence-electron chi connectivity index (χ3n) is 7.18. The van der Waals surface area contributed by atoms with Gasteiger partial charge in [-0.1, -0.05) is 36.4 Å². The van der Waals surface area contributed by atoms with Crippen LogP contribution in [0.25, 0.3) is 27.8 Å². The molecular weight excluding hydrogens is 490 g/mol. The highest BCUT2D eigenvalue weighted by Gasteiger charge is 2.26. The number of nitrogens with zero attached hydrogens (tertiary/aromatic N) is 5. The summed E-state index contributed by atoms with van der Waals surface area (Å²) in [6.45, 7) is 2.56. The van der Waals surface area contributed by atoms with E-state index in [1.807, 2.05) is 71.6 Å². The topological polar surface area (TPSA) is 72.7 Å². The molecule has 1 aliphatic rings. The van der Waals surface area contributed by atoms with E-state index in [0.29, 0.717) is 31.7 Å². The molecule has 196 valence electrons. The van der Waals surface area contributed by atoms with Crippen molar-refractivity contribution in [2.45, 2.75) is 0 Å². The van der Waals surface area contributed by atoms with Gasteiger partial charge in [0.25, 0.3) is 5.91 Å².